The maximum Gasteiger partial charge on any atom is 0.167 e. The Bertz CT molecular complexity index is 1530. The van der Waals surface area contributed by atoms with Gasteiger partial charge in [0.2, 0.25) is 0 Å². The fraction of sp³-hybridized carbons (Fsp3) is 0.200. The third-order valence-corrected chi connectivity index (χ3v) is 10.1. The minimum Gasteiger partial charge on any atom is -0.383 e. The van der Waals surface area contributed by atoms with Crippen LogP contribution in [0.4, 0.5) is 5.82 Å². The third kappa shape index (κ3) is 3.00. The van der Waals surface area contributed by atoms with Gasteiger partial charge in [0.25, 0.3) is 0 Å². The number of hydrogen-bond acceptors (Lipinski definition) is 7. The van der Waals surface area contributed by atoms with Crippen molar-refractivity contribution in [2.24, 2.45) is 0 Å². The zero-order valence-corrected chi connectivity index (χ0v) is 19.9. The smallest absolute Gasteiger partial charge is 0.167 e. The van der Waals surface area contributed by atoms with Crippen LogP contribution in [0.25, 0.3) is 34.1 Å². The molecule has 0 amide bonds. The van der Waals surface area contributed by atoms with Gasteiger partial charge in [0.1, 0.15) is 11.3 Å². The number of aromatic nitrogens is 6. The first-order chi connectivity index (χ1) is 16.7. The summed E-state index contributed by atoms with van der Waals surface area (Å²) in [6.45, 7) is 0. The van der Waals surface area contributed by atoms with Crippen LogP contribution in [-0.2, 0) is 10.5 Å². The number of anilines is 1. The molecule has 1 spiro atoms. The summed E-state index contributed by atoms with van der Waals surface area (Å²) < 4.78 is 4.05. The van der Waals surface area contributed by atoms with Crippen molar-refractivity contribution >= 4 is 40.5 Å². The number of nitrogens with zero attached hydrogens (tertiary/aromatic N) is 6. The SMILES string of the molecule is Nc1ncccc1-c1nc2ccc(-n3cccn3)nc2n1-c1ccc2c(c1)C1(CC2)SCCS1. The number of aryl methyl sites for hydroxylation is 1. The van der Waals surface area contributed by atoms with Crippen molar-refractivity contribution in [3.8, 4) is 22.9 Å². The molecule has 1 saturated heterocycles. The number of rotatable bonds is 3. The van der Waals surface area contributed by atoms with Crippen molar-refractivity contribution in [3.05, 3.63) is 78.2 Å². The highest BCUT2D eigenvalue weighted by molar-refractivity contribution is 8.20. The molecule has 0 saturated carbocycles. The largest absolute Gasteiger partial charge is 0.383 e. The van der Waals surface area contributed by atoms with Gasteiger partial charge in [-0.25, -0.2) is 19.6 Å². The number of pyridine rings is 2. The molecule has 0 unspecified atom stereocenters. The van der Waals surface area contributed by atoms with Crippen LogP contribution in [0, 0.1) is 0 Å². The van der Waals surface area contributed by atoms with Gasteiger partial charge in [-0.15, -0.1) is 23.5 Å². The Kier molecular flexibility index (Phi) is 4.50. The highest BCUT2D eigenvalue weighted by atomic mass is 32.2. The van der Waals surface area contributed by atoms with E-state index in [2.05, 4.69) is 56.4 Å². The summed E-state index contributed by atoms with van der Waals surface area (Å²) in [7, 11) is 0. The van der Waals surface area contributed by atoms with Gasteiger partial charge in [-0.2, -0.15) is 5.10 Å². The van der Waals surface area contributed by atoms with Gasteiger partial charge >= 0.3 is 0 Å². The number of benzene rings is 1. The van der Waals surface area contributed by atoms with Crippen molar-refractivity contribution in [1.82, 2.24) is 29.3 Å². The Balaban J connectivity index is 1.50. The van der Waals surface area contributed by atoms with Gasteiger partial charge in [-0.1, -0.05) is 6.07 Å². The minimum atomic E-state index is 0.170. The van der Waals surface area contributed by atoms with Gasteiger partial charge < -0.3 is 5.73 Å². The monoisotopic (exact) mass is 483 g/mol. The number of hydrogen-bond donors (Lipinski definition) is 1. The lowest BCUT2D eigenvalue weighted by Crippen LogP contribution is -2.10. The minimum absolute atomic E-state index is 0.170. The molecule has 2 N–H and O–H groups in total. The normalized spacial score (nSPS) is 16.5. The van der Waals surface area contributed by atoms with E-state index in [-0.39, 0.29) is 4.08 Å². The predicted octanol–water partition coefficient (Wildman–Crippen LogP) is 4.83. The van der Waals surface area contributed by atoms with Crippen LogP contribution in [-0.4, -0.2) is 40.8 Å². The van der Waals surface area contributed by atoms with Crippen LogP contribution in [0.15, 0.2) is 67.1 Å². The number of nitrogens with two attached hydrogens (primary N) is 1. The highest BCUT2D eigenvalue weighted by Crippen LogP contribution is 2.59. The van der Waals surface area contributed by atoms with Crippen LogP contribution in [0.2, 0.25) is 0 Å². The number of fused-ring (bicyclic) bond motifs is 3. The molecular weight excluding hydrogens is 462 g/mol. The molecular formula is C25H21N7S2. The average Bonchev–Trinajstić information content (AvgIpc) is 3.67. The molecule has 5 heterocycles. The third-order valence-electron chi connectivity index (χ3n) is 6.55. The van der Waals surface area contributed by atoms with Crippen molar-refractivity contribution in [1.29, 1.82) is 0 Å². The molecule has 9 heteroatoms. The fourth-order valence-electron chi connectivity index (χ4n) is 4.98. The Morgan fingerprint density at radius 1 is 0.971 bits per heavy atom. The van der Waals surface area contributed by atoms with Crippen LogP contribution in [0.5, 0.6) is 0 Å². The number of nitrogen functional groups attached to an aromatic ring is 1. The predicted molar refractivity (Wildman–Crippen MR) is 139 cm³/mol. The lowest BCUT2D eigenvalue weighted by Gasteiger charge is -2.23. The van der Waals surface area contributed by atoms with Crippen molar-refractivity contribution in [3.63, 3.8) is 0 Å². The lowest BCUT2D eigenvalue weighted by molar-refractivity contribution is 0.843. The summed E-state index contributed by atoms with van der Waals surface area (Å²) in [4.78, 5) is 14.3. The molecule has 0 radical (unpaired) electrons. The molecule has 2 aliphatic rings. The second kappa shape index (κ2) is 7.61. The van der Waals surface area contributed by atoms with E-state index in [1.54, 1.807) is 17.1 Å². The molecule has 0 atom stereocenters. The second-order valence-electron chi connectivity index (χ2n) is 8.46. The first-order valence-corrected chi connectivity index (χ1v) is 13.2. The van der Waals surface area contributed by atoms with Gasteiger partial charge in [0, 0.05) is 35.8 Å². The van der Waals surface area contributed by atoms with Crippen LogP contribution < -0.4 is 5.73 Å². The van der Waals surface area contributed by atoms with E-state index in [1.807, 2.05) is 36.5 Å². The van der Waals surface area contributed by atoms with Gasteiger partial charge in [-0.3, -0.25) is 4.57 Å². The summed E-state index contributed by atoms with van der Waals surface area (Å²) in [5, 5.41) is 4.36. The zero-order valence-electron chi connectivity index (χ0n) is 18.3. The van der Waals surface area contributed by atoms with E-state index < -0.39 is 0 Å². The molecule has 34 heavy (non-hydrogen) atoms. The van der Waals surface area contributed by atoms with Crippen LogP contribution in [0.1, 0.15) is 17.5 Å². The van der Waals surface area contributed by atoms with Crippen molar-refractivity contribution < 1.29 is 0 Å². The zero-order chi connectivity index (χ0) is 22.7. The Hall–Kier alpha value is -3.30. The Morgan fingerprint density at radius 3 is 2.71 bits per heavy atom. The van der Waals surface area contributed by atoms with E-state index in [0.29, 0.717) is 5.82 Å². The summed E-state index contributed by atoms with van der Waals surface area (Å²) in [6, 6.07) is 16.5. The Morgan fingerprint density at radius 2 is 1.88 bits per heavy atom. The van der Waals surface area contributed by atoms with E-state index in [0.717, 1.165) is 40.5 Å². The maximum absolute atomic E-state index is 6.31. The molecule has 5 aromatic rings. The van der Waals surface area contributed by atoms with Gasteiger partial charge in [0.05, 0.1) is 9.64 Å². The van der Waals surface area contributed by atoms with Crippen LogP contribution in [0.3, 0.4) is 0 Å². The molecule has 1 aliphatic heterocycles. The topological polar surface area (TPSA) is 87.4 Å². The van der Waals surface area contributed by atoms with Crippen LogP contribution >= 0.6 is 23.5 Å². The standard InChI is InChI=1S/C25H21N7S2/c26-22-18(3-1-10-27-22)23-29-20-6-7-21(31-12-2-11-28-31)30-24(20)32(23)17-5-4-16-8-9-25(19(16)15-17)33-13-14-34-25/h1-7,10-12,15H,8-9,13-14H2,(H2,26,27). The number of thioether (sulfide) groups is 2. The molecule has 1 fully saturated rings. The fourth-order valence-corrected chi connectivity index (χ4v) is 8.32. The summed E-state index contributed by atoms with van der Waals surface area (Å²) in [5.41, 5.74) is 12.6. The quantitative estimate of drug-likeness (QED) is 0.393. The second-order valence-corrected chi connectivity index (χ2v) is 11.5. The van der Waals surface area contributed by atoms with E-state index >= 15 is 0 Å². The molecule has 0 bridgehead atoms. The van der Waals surface area contributed by atoms with Crippen molar-refractivity contribution in [2.45, 2.75) is 16.9 Å². The van der Waals surface area contributed by atoms with E-state index in [9.17, 15) is 0 Å². The summed E-state index contributed by atoms with van der Waals surface area (Å²) >= 11 is 4.18. The highest BCUT2D eigenvalue weighted by Gasteiger charge is 2.43. The van der Waals surface area contributed by atoms with Gasteiger partial charge in [-0.05, 0) is 66.4 Å². The number of imidazole rings is 1. The first kappa shape index (κ1) is 20.1. The summed E-state index contributed by atoms with van der Waals surface area (Å²) in [5.74, 6) is 4.34. The summed E-state index contributed by atoms with van der Waals surface area (Å²) in [6.07, 6.45) is 7.66. The van der Waals surface area contributed by atoms with E-state index in [1.165, 1.54) is 29.1 Å². The molecule has 7 rings (SSSR count). The first-order valence-electron chi connectivity index (χ1n) is 11.2. The average molecular weight is 484 g/mol. The molecule has 1 aliphatic carbocycles. The molecule has 4 aromatic heterocycles. The van der Waals surface area contributed by atoms with Gasteiger partial charge in [0.15, 0.2) is 17.3 Å². The van der Waals surface area contributed by atoms with E-state index in [4.69, 9.17) is 15.7 Å². The lowest BCUT2D eigenvalue weighted by atomic mass is 10.1. The molecule has 1 aromatic carbocycles. The Labute approximate surface area is 204 Å². The van der Waals surface area contributed by atoms with Crippen molar-refractivity contribution in [2.75, 3.05) is 17.2 Å². The molecule has 7 nitrogen and oxygen atoms in total. The maximum atomic E-state index is 6.31. The molecule has 168 valence electrons.